The predicted molar refractivity (Wildman–Crippen MR) is 220 cm³/mol. The molecule has 0 aliphatic carbocycles. The minimum absolute atomic E-state index is 0.0689. The standard InChI is InChI=1S/C45H78N2O5/c1-3-5-7-9-11-13-15-17-19-21-23-26-30-35-41(36-31-27-25-28-32-38-43(48)47-42(45(50)51)37-34-40-46)52-44(49)39-33-29-24-22-20-18-16-14-12-10-8-6-4-2/h5,7,11,13-14,16-17,19,23,26,41-42H,3-4,6,8-10,12,15,18,20-22,24-25,27-40,46H2,1-2H3,(H,47,48)(H,50,51)/b7-5-,13-11-,16-14-,19-17-,26-23-. The molecule has 0 saturated heterocycles. The number of rotatable bonds is 37. The maximum absolute atomic E-state index is 12.8. The van der Waals surface area contributed by atoms with Crippen molar-refractivity contribution in [2.75, 3.05) is 6.54 Å². The number of unbranched alkanes of at least 4 members (excludes halogenated alkanes) is 13. The number of aliphatic carboxylic acids is 1. The van der Waals surface area contributed by atoms with Gasteiger partial charge in [0.15, 0.2) is 0 Å². The number of hydrogen-bond acceptors (Lipinski definition) is 5. The fraction of sp³-hybridized carbons (Fsp3) is 0.711. The van der Waals surface area contributed by atoms with Gasteiger partial charge in [-0.3, -0.25) is 9.59 Å². The zero-order valence-corrected chi connectivity index (χ0v) is 33.4. The number of nitrogens with two attached hydrogens (primary N) is 1. The van der Waals surface area contributed by atoms with Gasteiger partial charge in [0.05, 0.1) is 0 Å². The van der Waals surface area contributed by atoms with Crippen molar-refractivity contribution in [1.82, 2.24) is 5.32 Å². The molecule has 2 unspecified atom stereocenters. The molecule has 0 radical (unpaired) electrons. The summed E-state index contributed by atoms with van der Waals surface area (Å²) >= 11 is 0. The van der Waals surface area contributed by atoms with Crippen molar-refractivity contribution < 1.29 is 24.2 Å². The maximum atomic E-state index is 12.8. The molecule has 7 heteroatoms. The van der Waals surface area contributed by atoms with Crippen molar-refractivity contribution in [3.8, 4) is 0 Å². The van der Waals surface area contributed by atoms with Gasteiger partial charge in [0, 0.05) is 12.8 Å². The molecule has 0 aromatic rings. The number of esters is 1. The molecular formula is C45H78N2O5. The molecule has 0 spiro atoms. The summed E-state index contributed by atoms with van der Waals surface area (Å²) in [6, 6.07) is -0.866. The van der Waals surface area contributed by atoms with E-state index >= 15 is 0 Å². The van der Waals surface area contributed by atoms with E-state index in [-0.39, 0.29) is 18.0 Å². The zero-order chi connectivity index (χ0) is 38.2. The zero-order valence-electron chi connectivity index (χ0n) is 33.4. The number of carboxylic acids is 1. The minimum atomic E-state index is -1.01. The van der Waals surface area contributed by atoms with Crippen molar-refractivity contribution in [1.29, 1.82) is 0 Å². The fourth-order valence-electron chi connectivity index (χ4n) is 5.91. The first-order chi connectivity index (χ1) is 25.4. The first-order valence-corrected chi connectivity index (χ1v) is 21.1. The van der Waals surface area contributed by atoms with Crippen molar-refractivity contribution in [3.63, 3.8) is 0 Å². The van der Waals surface area contributed by atoms with Crippen molar-refractivity contribution in [2.45, 2.75) is 199 Å². The van der Waals surface area contributed by atoms with Crippen LogP contribution in [0.4, 0.5) is 0 Å². The van der Waals surface area contributed by atoms with Crippen LogP contribution in [-0.2, 0) is 19.1 Å². The van der Waals surface area contributed by atoms with E-state index in [1.807, 2.05) is 0 Å². The highest BCUT2D eigenvalue weighted by Crippen LogP contribution is 2.17. The van der Waals surface area contributed by atoms with E-state index in [2.05, 4.69) is 79.9 Å². The highest BCUT2D eigenvalue weighted by Gasteiger charge is 2.19. The van der Waals surface area contributed by atoms with Crippen molar-refractivity contribution >= 4 is 17.8 Å². The van der Waals surface area contributed by atoms with Crippen LogP contribution in [0.2, 0.25) is 0 Å². The molecule has 0 aromatic heterocycles. The summed E-state index contributed by atoms with van der Waals surface area (Å²) in [4.78, 5) is 36.3. The predicted octanol–water partition coefficient (Wildman–Crippen LogP) is 11.8. The molecule has 0 rings (SSSR count). The van der Waals surface area contributed by atoms with Crippen LogP contribution < -0.4 is 11.1 Å². The Morgan fingerprint density at radius 3 is 1.69 bits per heavy atom. The van der Waals surface area contributed by atoms with Gasteiger partial charge in [-0.2, -0.15) is 0 Å². The number of carbonyl (C=O) groups is 3. The lowest BCUT2D eigenvalue weighted by molar-refractivity contribution is -0.150. The van der Waals surface area contributed by atoms with E-state index in [0.717, 1.165) is 96.3 Å². The highest BCUT2D eigenvalue weighted by molar-refractivity contribution is 5.83. The summed E-state index contributed by atoms with van der Waals surface area (Å²) in [7, 11) is 0. The van der Waals surface area contributed by atoms with Crippen LogP contribution in [0, 0.1) is 0 Å². The Morgan fingerprint density at radius 2 is 1.10 bits per heavy atom. The second-order valence-corrected chi connectivity index (χ2v) is 14.0. The second kappa shape index (κ2) is 39.3. The quantitative estimate of drug-likeness (QED) is 0.0333. The molecule has 4 N–H and O–H groups in total. The minimum Gasteiger partial charge on any atom is -0.480 e. The van der Waals surface area contributed by atoms with Gasteiger partial charge in [-0.15, -0.1) is 0 Å². The summed E-state index contributed by atoms with van der Waals surface area (Å²) in [6.07, 6.45) is 48.3. The summed E-state index contributed by atoms with van der Waals surface area (Å²) in [5, 5.41) is 11.9. The van der Waals surface area contributed by atoms with E-state index in [0.29, 0.717) is 32.2 Å². The van der Waals surface area contributed by atoms with Crippen LogP contribution in [0.25, 0.3) is 0 Å². The monoisotopic (exact) mass is 727 g/mol. The third kappa shape index (κ3) is 35.5. The fourth-order valence-corrected chi connectivity index (χ4v) is 5.91. The largest absolute Gasteiger partial charge is 0.480 e. The number of carbonyl (C=O) groups excluding carboxylic acids is 2. The van der Waals surface area contributed by atoms with E-state index in [1.165, 1.54) is 51.4 Å². The van der Waals surface area contributed by atoms with Crippen LogP contribution in [0.15, 0.2) is 60.8 Å². The Bertz CT molecular complexity index is 1000. The van der Waals surface area contributed by atoms with Gasteiger partial charge in [-0.05, 0) is 109 Å². The highest BCUT2D eigenvalue weighted by atomic mass is 16.5. The third-order valence-corrected chi connectivity index (χ3v) is 9.08. The number of carboxylic acid groups (broad SMARTS) is 1. The van der Waals surface area contributed by atoms with Crippen molar-refractivity contribution in [3.05, 3.63) is 60.8 Å². The smallest absolute Gasteiger partial charge is 0.326 e. The summed E-state index contributed by atoms with van der Waals surface area (Å²) in [5.74, 6) is -1.30. The Hall–Kier alpha value is -2.93. The van der Waals surface area contributed by atoms with Gasteiger partial charge in [0.2, 0.25) is 5.91 Å². The van der Waals surface area contributed by atoms with Crippen LogP contribution >= 0.6 is 0 Å². The lowest BCUT2D eigenvalue weighted by atomic mass is 10.0. The van der Waals surface area contributed by atoms with Crippen LogP contribution in [0.1, 0.15) is 187 Å². The van der Waals surface area contributed by atoms with Gasteiger partial charge >= 0.3 is 11.9 Å². The molecule has 2 atom stereocenters. The van der Waals surface area contributed by atoms with E-state index in [1.54, 1.807) is 0 Å². The van der Waals surface area contributed by atoms with Crippen LogP contribution in [0.5, 0.6) is 0 Å². The molecular weight excluding hydrogens is 649 g/mol. The lowest BCUT2D eigenvalue weighted by Crippen LogP contribution is -2.40. The Morgan fingerprint density at radius 1 is 0.577 bits per heavy atom. The molecule has 0 aromatic carbocycles. The Labute approximate surface area is 319 Å². The Kier molecular flexibility index (Phi) is 37.1. The van der Waals surface area contributed by atoms with E-state index in [9.17, 15) is 19.5 Å². The third-order valence-electron chi connectivity index (χ3n) is 9.08. The van der Waals surface area contributed by atoms with Crippen LogP contribution in [0.3, 0.4) is 0 Å². The topological polar surface area (TPSA) is 119 Å². The van der Waals surface area contributed by atoms with Gasteiger partial charge in [-0.1, -0.05) is 132 Å². The average Bonchev–Trinajstić information content (AvgIpc) is 3.13. The van der Waals surface area contributed by atoms with Gasteiger partial charge in [-0.25, -0.2) is 4.79 Å². The molecule has 298 valence electrons. The molecule has 0 fully saturated rings. The van der Waals surface area contributed by atoms with Crippen LogP contribution in [-0.4, -0.2) is 41.6 Å². The lowest BCUT2D eigenvalue weighted by Gasteiger charge is -2.17. The first kappa shape index (κ1) is 49.1. The van der Waals surface area contributed by atoms with Gasteiger partial charge in [0.1, 0.15) is 12.1 Å². The molecule has 0 heterocycles. The summed E-state index contributed by atoms with van der Waals surface area (Å²) in [5.41, 5.74) is 5.48. The Balaban J connectivity index is 4.48. The maximum Gasteiger partial charge on any atom is 0.326 e. The van der Waals surface area contributed by atoms with Gasteiger partial charge < -0.3 is 20.9 Å². The molecule has 0 bridgehead atoms. The molecule has 0 aliphatic rings. The summed E-state index contributed by atoms with van der Waals surface area (Å²) < 4.78 is 5.99. The number of ether oxygens (including phenoxy) is 1. The SMILES string of the molecule is CC/C=C\C/C=C\C/C=C\C/C=C\CCC(CCCCCCCC(=O)NC(CCCN)C(=O)O)OC(=O)CCCCCCC/C=C\CCCCCC. The summed E-state index contributed by atoms with van der Waals surface area (Å²) in [6.45, 7) is 4.80. The van der Waals surface area contributed by atoms with Crippen molar-refractivity contribution in [2.24, 2.45) is 5.73 Å². The molecule has 0 aliphatic heterocycles. The van der Waals surface area contributed by atoms with Gasteiger partial charge in [0.25, 0.3) is 0 Å². The molecule has 7 nitrogen and oxygen atoms in total. The van der Waals surface area contributed by atoms with E-state index in [4.69, 9.17) is 10.5 Å². The number of allylic oxidation sites excluding steroid dienone is 10. The average molecular weight is 727 g/mol. The van der Waals surface area contributed by atoms with E-state index < -0.39 is 12.0 Å². The molecule has 0 saturated carbocycles. The number of nitrogens with one attached hydrogen (secondary N) is 1. The normalized spacial score (nSPS) is 13.3. The second-order valence-electron chi connectivity index (χ2n) is 14.0. The first-order valence-electron chi connectivity index (χ1n) is 21.1. The molecule has 1 amide bonds. The molecule has 52 heavy (non-hydrogen) atoms. The number of hydrogen-bond donors (Lipinski definition) is 3. The number of amides is 1.